The molecule has 33 heavy (non-hydrogen) atoms. The van der Waals surface area contributed by atoms with E-state index in [2.05, 4.69) is 25.4 Å². The molecule has 0 aromatic heterocycles. The molecule has 1 atom stereocenters. The summed E-state index contributed by atoms with van der Waals surface area (Å²) in [7, 11) is 0.949. The maximum atomic E-state index is 13.9. The van der Waals surface area contributed by atoms with E-state index in [1.165, 1.54) is 6.07 Å². The minimum atomic E-state index is -5.77. The van der Waals surface area contributed by atoms with Crippen LogP contribution in [0.5, 0.6) is 0 Å². The highest BCUT2D eigenvalue weighted by atomic mass is 79.9. The number of hydrogen-bond donors (Lipinski definition) is 0. The van der Waals surface area contributed by atoms with Crippen molar-refractivity contribution in [3.05, 3.63) is 29.3 Å². The molecule has 1 fully saturated rings. The van der Waals surface area contributed by atoms with Crippen molar-refractivity contribution in [2.45, 2.75) is 50.7 Å². The molecule has 1 aromatic carbocycles. The van der Waals surface area contributed by atoms with Gasteiger partial charge in [0.25, 0.3) is 5.60 Å². The quantitative estimate of drug-likeness (QED) is 0.260. The molecule has 2 rings (SSSR count). The molecule has 0 unspecified atom stereocenters. The molecule has 1 aromatic rings. The van der Waals surface area contributed by atoms with E-state index in [0.29, 0.717) is 37.3 Å². The lowest BCUT2D eigenvalue weighted by molar-refractivity contribution is -0.400. The predicted octanol–water partition coefficient (Wildman–Crippen LogP) is 5.01. The summed E-state index contributed by atoms with van der Waals surface area (Å²) in [5.74, 6) is -0.0818. The number of alkyl halides is 7. The van der Waals surface area contributed by atoms with Gasteiger partial charge in [-0.3, -0.25) is 4.79 Å². The Hall–Kier alpha value is -1.53. The molecule has 1 aliphatic heterocycles. The number of carbonyl (C=O) groups is 1. The number of methoxy groups -OCH3 is 1. The molecule has 1 heterocycles. The number of amides is 1. The zero-order valence-corrected chi connectivity index (χ0v) is 20.1. The van der Waals surface area contributed by atoms with Crippen molar-refractivity contribution in [1.82, 2.24) is 4.90 Å². The van der Waals surface area contributed by atoms with E-state index in [0.717, 1.165) is 19.2 Å². The van der Waals surface area contributed by atoms with Gasteiger partial charge in [0.2, 0.25) is 5.91 Å². The third-order valence-corrected chi connectivity index (χ3v) is 6.08. The molecule has 5 nitrogen and oxygen atoms in total. The molecule has 1 amide bonds. The molecule has 0 bridgehead atoms. The lowest BCUT2D eigenvalue weighted by atomic mass is 9.89. The van der Waals surface area contributed by atoms with Gasteiger partial charge >= 0.3 is 12.4 Å². The number of piperazine rings is 1. The Morgan fingerprint density at radius 1 is 1.15 bits per heavy atom. The van der Waals surface area contributed by atoms with Gasteiger partial charge in [0.1, 0.15) is 6.79 Å². The van der Waals surface area contributed by atoms with Crippen LogP contribution in [0, 0.1) is 0 Å². The van der Waals surface area contributed by atoms with Crippen LogP contribution in [0.4, 0.5) is 32.0 Å². The van der Waals surface area contributed by atoms with Crippen molar-refractivity contribution >= 4 is 27.5 Å². The highest BCUT2D eigenvalue weighted by molar-refractivity contribution is 9.09. The third-order valence-electron chi connectivity index (χ3n) is 5.60. The number of hydrogen-bond acceptors (Lipinski definition) is 4. The normalized spacial score (nSPS) is 18.1. The highest BCUT2D eigenvalue weighted by Crippen LogP contribution is 2.53. The van der Waals surface area contributed by atoms with Gasteiger partial charge in [-0.1, -0.05) is 41.4 Å². The van der Waals surface area contributed by atoms with Crippen LogP contribution < -0.4 is 4.90 Å². The fraction of sp³-hybridized carbons (Fsp3) is 0.667. The van der Waals surface area contributed by atoms with Gasteiger partial charge in [0, 0.05) is 44.0 Å². The molecule has 0 saturated carbocycles. The number of anilines is 1. The molecular weight excluding hydrogens is 522 g/mol. The predicted molar refractivity (Wildman–Crippen MR) is 114 cm³/mol. The Balaban J connectivity index is 2.53. The minimum absolute atomic E-state index is 0.0818. The van der Waals surface area contributed by atoms with Crippen LogP contribution in [0.2, 0.25) is 0 Å². The fourth-order valence-corrected chi connectivity index (χ4v) is 4.41. The van der Waals surface area contributed by atoms with E-state index in [-0.39, 0.29) is 23.7 Å². The van der Waals surface area contributed by atoms with E-state index in [9.17, 15) is 31.1 Å². The summed E-state index contributed by atoms with van der Waals surface area (Å²) in [6.07, 6.45) is -10.8. The van der Waals surface area contributed by atoms with Crippen LogP contribution in [0.1, 0.15) is 31.4 Å². The second-order valence-electron chi connectivity index (χ2n) is 7.84. The Kier molecular flexibility index (Phi) is 9.08. The average molecular weight is 549 g/mol. The van der Waals surface area contributed by atoms with Gasteiger partial charge in [-0.25, -0.2) is 0 Å². The zero-order valence-electron chi connectivity index (χ0n) is 18.5. The number of halogens is 7. The molecule has 12 heteroatoms. The van der Waals surface area contributed by atoms with E-state index in [4.69, 9.17) is 0 Å². The zero-order chi connectivity index (χ0) is 25.0. The summed E-state index contributed by atoms with van der Waals surface area (Å²) in [6, 6.07) is 2.84. The van der Waals surface area contributed by atoms with Crippen molar-refractivity contribution in [3.8, 4) is 0 Å². The number of carbonyl (C=O) groups excluding carboxylic acids is 1. The lowest BCUT2D eigenvalue weighted by Crippen LogP contribution is -2.56. The molecule has 0 N–H and O–H groups in total. The number of benzene rings is 1. The van der Waals surface area contributed by atoms with Crippen LogP contribution >= 0.6 is 15.9 Å². The lowest BCUT2D eigenvalue weighted by Gasteiger charge is -2.42. The van der Waals surface area contributed by atoms with E-state index in [1.807, 2.05) is 11.8 Å². The smallest absolute Gasteiger partial charge is 0.367 e. The van der Waals surface area contributed by atoms with Crippen molar-refractivity contribution in [1.29, 1.82) is 0 Å². The second-order valence-corrected chi connectivity index (χ2v) is 8.40. The Morgan fingerprint density at radius 2 is 1.79 bits per heavy atom. The fourth-order valence-electron chi connectivity index (χ4n) is 4.09. The van der Waals surface area contributed by atoms with Crippen LogP contribution in [0.3, 0.4) is 0 Å². The van der Waals surface area contributed by atoms with Gasteiger partial charge in [-0.15, -0.1) is 0 Å². The standard InChI is InChI=1S/C21H27BrF6N2O3/c1-4-5-15-10-16(19(20(23,24)25,21(26,27)28)33-13-32-3)6-7-17(15)29-8-9-30(14(2)12-29)18(31)11-22/h6-7,10,14H,4-5,8-9,11-13H2,1-3H3/t14-/m1/s1. The van der Waals surface area contributed by atoms with E-state index in [1.54, 1.807) is 11.8 Å². The monoisotopic (exact) mass is 548 g/mol. The van der Waals surface area contributed by atoms with Gasteiger partial charge in [0.05, 0.1) is 5.33 Å². The maximum absolute atomic E-state index is 13.9. The number of rotatable bonds is 8. The van der Waals surface area contributed by atoms with Gasteiger partial charge in [-0.05, 0) is 25.0 Å². The van der Waals surface area contributed by atoms with Crippen LogP contribution in [0.15, 0.2) is 18.2 Å². The Morgan fingerprint density at radius 3 is 2.27 bits per heavy atom. The van der Waals surface area contributed by atoms with E-state index < -0.39 is 30.3 Å². The first-order chi connectivity index (χ1) is 15.3. The van der Waals surface area contributed by atoms with E-state index >= 15 is 0 Å². The third kappa shape index (κ3) is 5.59. The van der Waals surface area contributed by atoms with Crippen LogP contribution in [-0.4, -0.2) is 68.1 Å². The summed E-state index contributed by atoms with van der Waals surface area (Å²) >= 11 is 3.14. The number of aryl methyl sites for hydroxylation is 1. The van der Waals surface area contributed by atoms with Crippen molar-refractivity contribution in [2.24, 2.45) is 0 Å². The largest absolute Gasteiger partial charge is 0.430 e. The molecular formula is C21H27BrF6N2O3. The van der Waals surface area contributed by atoms with Crippen molar-refractivity contribution < 1.29 is 40.6 Å². The Bertz CT molecular complexity index is 804. The first kappa shape index (κ1) is 27.7. The van der Waals surface area contributed by atoms with Crippen LogP contribution in [0.25, 0.3) is 0 Å². The molecule has 188 valence electrons. The molecule has 0 aliphatic carbocycles. The first-order valence-electron chi connectivity index (χ1n) is 10.3. The topological polar surface area (TPSA) is 42.0 Å². The molecule has 0 spiro atoms. The van der Waals surface area contributed by atoms with Crippen molar-refractivity contribution in [3.63, 3.8) is 0 Å². The first-order valence-corrected chi connectivity index (χ1v) is 11.5. The summed E-state index contributed by atoms with van der Waals surface area (Å²) < 4.78 is 92.2. The molecule has 1 saturated heterocycles. The second kappa shape index (κ2) is 10.8. The maximum Gasteiger partial charge on any atom is 0.430 e. The average Bonchev–Trinajstić information content (AvgIpc) is 2.72. The van der Waals surface area contributed by atoms with Gasteiger partial charge in [-0.2, -0.15) is 26.3 Å². The molecule has 0 radical (unpaired) electrons. The summed E-state index contributed by atoms with van der Waals surface area (Å²) in [5, 5.41) is 0.172. The van der Waals surface area contributed by atoms with Crippen molar-refractivity contribution in [2.75, 3.05) is 43.8 Å². The summed E-state index contributed by atoms with van der Waals surface area (Å²) in [4.78, 5) is 15.6. The molecule has 1 aliphatic rings. The van der Waals surface area contributed by atoms with Gasteiger partial charge < -0.3 is 19.3 Å². The SMILES string of the molecule is CCCc1cc(C(OCOC)(C(F)(F)F)C(F)(F)F)ccc1N1CCN(C(=O)CBr)[C@H](C)C1. The number of nitrogens with zero attached hydrogens (tertiary/aromatic N) is 2. The summed E-state index contributed by atoms with van der Waals surface area (Å²) in [6.45, 7) is 3.64. The summed E-state index contributed by atoms with van der Waals surface area (Å²) in [5.41, 5.74) is -4.68. The minimum Gasteiger partial charge on any atom is -0.367 e. The highest BCUT2D eigenvalue weighted by Gasteiger charge is 2.73. The van der Waals surface area contributed by atoms with Gasteiger partial charge in [0.15, 0.2) is 0 Å². The number of ether oxygens (including phenoxy) is 2. The Labute approximate surface area is 197 Å². The van der Waals surface area contributed by atoms with Crippen LogP contribution in [-0.2, 0) is 26.3 Å².